The van der Waals surface area contributed by atoms with Crippen LogP contribution in [0.3, 0.4) is 0 Å². The molecule has 86 valence electrons. The van der Waals surface area contributed by atoms with Crippen LogP contribution in [0.5, 0.6) is 0 Å². The first kappa shape index (κ1) is 11.5. The second-order valence-electron chi connectivity index (χ2n) is 4.00. The molecule has 1 atom stereocenters. The van der Waals surface area contributed by atoms with Crippen molar-refractivity contribution in [2.75, 3.05) is 19.3 Å². The van der Waals surface area contributed by atoms with E-state index in [2.05, 4.69) is 12.1 Å². The zero-order valence-electron chi connectivity index (χ0n) is 9.22. The summed E-state index contributed by atoms with van der Waals surface area (Å²) in [5.74, 6) is 0.296. The Morgan fingerprint density at radius 1 is 1.56 bits per heavy atom. The number of hydrogen-bond donors (Lipinski definition) is 1. The van der Waals surface area contributed by atoms with Crippen molar-refractivity contribution in [3.8, 4) is 0 Å². The third kappa shape index (κ3) is 2.39. The average molecular weight is 237 g/mol. The van der Waals surface area contributed by atoms with E-state index in [1.165, 1.54) is 10.5 Å². The molecule has 0 aromatic heterocycles. The van der Waals surface area contributed by atoms with E-state index in [1.54, 1.807) is 0 Å². The highest BCUT2D eigenvalue weighted by molar-refractivity contribution is 7.99. The Balaban J connectivity index is 2.21. The maximum absolute atomic E-state index is 10.7. The number of carboxylic acids is 1. The molecule has 0 fully saturated rings. The molecule has 1 unspecified atom stereocenters. The molecule has 1 aliphatic heterocycles. The fraction of sp³-hybridized carbons (Fsp3) is 0.417. The molecule has 1 heterocycles. The standard InChI is InChI=1S/C12H15NO2S/c1-13(8-12(14)15)10-6-7-16-11-5-3-2-4-9(10)11/h2-5,10H,6-8H2,1H3,(H,14,15). The molecule has 0 bridgehead atoms. The number of carboxylic acid groups (broad SMARTS) is 1. The van der Waals surface area contributed by atoms with E-state index in [0.29, 0.717) is 0 Å². The van der Waals surface area contributed by atoms with Gasteiger partial charge in [0, 0.05) is 10.9 Å². The first-order valence-electron chi connectivity index (χ1n) is 5.32. The fourth-order valence-corrected chi connectivity index (χ4v) is 3.21. The molecule has 4 heteroatoms. The summed E-state index contributed by atoms with van der Waals surface area (Å²) in [6.45, 7) is 0.101. The molecule has 3 nitrogen and oxygen atoms in total. The highest BCUT2D eigenvalue weighted by Crippen LogP contribution is 2.38. The molecule has 0 amide bonds. The molecule has 2 rings (SSSR count). The van der Waals surface area contributed by atoms with Gasteiger partial charge in [0.25, 0.3) is 0 Å². The molecule has 1 aliphatic rings. The van der Waals surface area contributed by atoms with Crippen molar-refractivity contribution < 1.29 is 9.90 Å². The average Bonchev–Trinajstić information content (AvgIpc) is 2.27. The minimum absolute atomic E-state index is 0.101. The monoisotopic (exact) mass is 237 g/mol. The van der Waals surface area contributed by atoms with Crippen molar-refractivity contribution in [3.05, 3.63) is 29.8 Å². The largest absolute Gasteiger partial charge is 0.480 e. The van der Waals surface area contributed by atoms with Gasteiger partial charge < -0.3 is 5.11 Å². The minimum Gasteiger partial charge on any atom is -0.480 e. The Morgan fingerprint density at radius 3 is 3.06 bits per heavy atom. The summed E-state index contributed by atoms with van der Waals surface area (Å²) in [6.07, 6.45) is 1.02. The van der Waals surface area contributed by atoms with Gasteiger partial charge in [0.1, 0.15) is 0 Å². The number of carbonyl (C=O) groups is 1. The third-order valence-electron chi connectivity index (χ3n) is 2.84. The normalized spacial score (nSPS) is 19.5. The van der Waals surface area contributed by atoms with Gasteiger partial charge >= 0.3 is 5.97 Å². The summed E-state index contributed by atoms with van der Waals surface area (Å²) >= 11 is 1.85. The number of nitrogens with zero attached hydrogens (tertiary/aromatic N) is 1. The lowest BCUT2D eigenvalue weighted by atomic mass is 10.0. The third-order valence-corrected chi connectivity index (χ3v) is 3.97. The van der Waals surface area contributed by atoms with Crippen molar-refractivity contribution in [3.63, 3.8) is 0 Å². The van der Waals surface area contributed by atoms with Gasteiger partial charge in [-0.2, -0.15) is 0 Å². The molecular weight excluding hydrogens is 222 g/mol. The Bertz CT molecular complexity index is 394. The molecule has 1 aromatic carbocycles. The summed E-state index contributed by atoms with van der Waals surface area (Å²) in [5, 5.41) is 8.82. The van der Waals surface area contributed by atoms with Crippen LogP contribution in [-0.2, 0) is 4.79 Å². The topological polar surface area (TPSA) is 40.5 Å². The van der Waals surface area contributed by atoms with Crippen molar-refractivity contribution in [2.24, 2.45) is 0 Å². The quantitative estimate of drug-likeness (QED) is 0.875. The predicted molar refractivity (Wildman–Crippen MR) is 64.8 cm³/mol. The summed E-state index contributed by atoms with van der Waals surface area (Å²) < 4.78 is 0. The van der Waals surface area contributed by atoms with Crippen LogP contribution in [-0.4, -0.2) is 35.3 Å². The molecular formula is C12H15NO2S. The maximum atomic E-state index is 10.7. The van der Waals surface area contributed by atoms with Crippen LogP contribution in [0, 0.1) is 0 Å². The van der Waals surface area contributed by atoms with Gasteiger partial charge in [-0.25, -0.2) is 0 Å². The SMILES string of the molecule is CN(CC(=O)O)C1CCSc2ccccc21. The summed E-state index contributed by atoms with van der Waals surface area (Å²) in [7, 11) is 1.88. The van der Waals surface area contributed by atoms with Crippen LogP contribution in [0.25, 0.3) is 0 Å². The van der Waals surface area contributed by atoms with E-state index in [-0.39, 0.29) is 12.6 Å². The van der Waals surface area contributed by atoms with Crippen LogP contribution in [0.4, 0.5) is 0 Å². The number of likely N-dealkylation sites (N-methyl/N-ethyl adjacent to an activating group) is 1. The molecule has 16 heavy (non-hydrogen) atoms. The summed E-state index contributed by atoms with van der Waals surface area (Å²) in [4.78, 5) is 13.9. The van der Waals surface area contributed by atoms with E-state index >= 15 is 0 Å². The first-order chi connectivity index (χ1) is 7.68. The minimum atomic E-state index is -0.766. The number of rotatable bonds is 3. The van der Waals surface area contributed by atoms with Gasteiger partial charge in [0.2, 0.25) is 0 Å². The Kier molecular flexibility index (Phi) is 3.51. The zero-order chi connectivity index (χ0) is 11.5. The van der Waals surface area contributed by atoms with Crippen LogP contribution in [0.1, 0.15) is 18.0 Å². The number of benzene rings is 1. The van der Waals surface area contributed by atoms with Crippen molar-refractivity contribution in [1.29, 1.82) is 0 Å². The van der Waals surface area contributed by atoms with E-state index in [9.17, 15) is 4.79 Å². The van der Waals surface area contributed by atoms with E-state index < -0.39 is 5.97 Å². The molecule has 0 radical (unpaired) electrons. The summed E-state index contributed by atoms with van der Waals surface area (Å²) in [6, 6.07) is 8.51. The lowest BCUT2D eigenvalue weighted by molar-refractivity contribution is -0.138. The lowest BCUT2D eigenvalue weighted by Gasteiger charge is -2.31. The van der Waals surface area contributed by atoms with Gasteiger partial charge in [-0.1, -0.05) is 18.2 Å². The van der Waals surface area contributed by atoms with Gasteiger partial charge in [-0.05, 0) is 30.9 Å². The molecule has 0 aliphatic carbocycles. The van der Waals surface area contributed by atoms with E-state index in [1.807, 2.05) is 35.8 Å². The second-order valence-corrected chi connectivity index (χ2v) is 5.14. The van der Waals surface area contributed by atoms with Crippen molar-refractivity contribution in [2.45, 2.75) is 17.4 Å². The molecule has 1 aromatic rings. The van der Waals surface area contributed by atoms with E-state index in [0.717, 1.165) is 12.2 Å². The zero-order valence-corrected chi connectivity index (χ0v) is 10.0. The van der Waals surface area contributed by atoms with Gasteiger partial charge in [0.05, 0.1) is 6.54 Å². The summed E-state index contributed by atoms with van der Waals surface area (Å²) in [5.41, 5.74) is 1.27. The second kappa shape index (κ2) is 4.89. The van der Waals surface area contributed by atoms with Crippen LogP contribution in [0.2, 0.25) is 0 Å². The number of thioether (sulfide) groups is 1. The Morgan fingerprint density at radius 2 is 2.31 bits per heavy atom. The molecule has 0 saturated carbocycles. The number of aliphatic carboxylic acids is 1. The Hall–Kier alpha value is -1.00. The Labute approximate surface area is 99.5 Å². The molecule has 0 spiro atoms. The van der Waals surface area contributed by atoms with Gasteiger partial charge in [-0.3, -0.25) is 9.69 Å². The highest BCUT2D eigenvalue weighted by Gasteiger charge is 2.24. The lowest BCUT2D eigenvalue weighted by Crippen LogP contribution is -2.31. The van der Waals surface area contributed by atoms with Gasteiger partial charge in [0.15, 0.2) is 0 Å². The first-order valence-corrected chi connectivity index (χ1v) is 6.31. The maximum Gasteiger partial charge on any atom is 0.317 e. The predicted octanol–water partition coefficient (Wildman–Crippen LogP) is 2.24. The van der Waals surface area contributed by atoms with Crippen molar-refractivity contribution in [1.82, 2.24) is 4.90 Å². The number of fused-ring (bicyclic) bond motifs is 1. The van der Waals surface area contributed by atoms with Crippen LogP contribution < -0.4 is 0 Å². The smallest absolute Gasteiger partial charge is 0.317 e. The van der Waals surface area contributed by atoms with Crippen LogP contribution in [0.15, 0.2) is 29.2 Å². The van der Waals surface area contributed by atoms with E-state index in [4.69, 9.17) is 5.11 Å². The highest BCUT2D eigenvalue weighted by atomic mass is 32.2. The van der Waals surface area contributed by atoms with Crippen molar-refractivity contribution >= 4 is 17.7 Å². The fourth-order valence-electron chi connectivity index (χ4n) is 2.10. The molecule has 1 N–H and O–H groups in total. The van der Waals surface area contributed by atoms with Gasteiger partial charge in [-0.15, -0.1) is 11.8 Å². The number of hydrogen-bond acceptors (Lipinski definition) is 3. The van der Waals surface area contributed by atoms with Crippen LogP contribution >= 0.6 is 11.8 Å². The molecule has 0 saturated heterocycles.